The van der Waals surface area contributed by atoms with Crippen molar-refractivity contribution < 1.29 is 5.11 Å². The predicted molar refractivity (Wildman–Crippen MR) is 83.5 cm³/mol. The van der Waals surface area contributed by atoms with Crippen molar-refractivity contribution in [2.45, 2.75) is 38.6 Å². The molecule has 0 amide bonds. The topological polar surface area (TPSA) is 32.3 Å². The van der Waals surface area contributed by atoms with Crippen LogP contribution in [0.5, 0.6) is 0 Å². The van der Waals surface area contributed by atoms with E-state index < -0.39 is 0 Å². The largest absolute Gasteiger partial charge is 0.396 e. The fourth-order valence-electron chi connectivity index (χ4n) is 2.77. The summed E-state index contributed by atoms with van der Waals surface area (Å²) in [5.74, 6) is 0. The van der Waals surface area contributed by atoms with Crippen LogP contribution in [0.2, 0.25) is 0 Å². The lowest BCUT2D eigenvalue weighted by molar-refractivity contribution is 0.0810. The number of nitrogens with one attached hydrogen (secondary N) is 1. The number of halogens is 1. The van der Waals surface area contributed by atoms with E-state index in [-0.39, 0.29) is 5.41 Å². The van der Waals surface area contributed by atoms with Gasteiger partial charge in [0, 0.05) is 28.7 Å². The van der Waals surface area contributed by atoms with E-state index in [1.807, 2.05) is 0 Å². The van der Waals surface area contributed by atoms with Gasteiger partial charge in [-0.15, -0.1) is 0 Å². The van der Waals surface area contributed by atoms with Crippen molar-refractivity contribution in [2.24, 2.45) is 5.41 Å². The van der Waals surface area contributed by atoms with Crippen LogP contribution in [0.25, 0.3) is 0 Å². The minimum Gasteiger partial charge on any atom is -0.396 e. The molecule has 0 saturated heterocycles. The van der Waals surface area contributed by atoms with Gasteiger partial charge in [0.1, 0.15) is 0 Å². The first-order valence-electron chi connectivity index (χ1n) is 6.80. The van der Waals surface area contributed by atoms with E-state index in [1.54, 1.807) is 0 Å². The highest BCUT2D eigenvalue weighted by atomic mass is 127. The molecule has 0 radical (unpaired) electrons. The normalized spacial score (nSPS) is 18.8. The molecule has 1 saturated carbocycles. The first kappa shape index (κ1) is 14.3. The number of rotatable bonds is 5. The first-order chi connectivity index (χ1) is 8.74. The Kier molecular flexibility index (Phi) is 5.45. The molecule has 1 aliphatic carbocycles. The van der Waals surface area contributed by atoms with Gasteiger partial charge in [0.25, 0.3) is 0 Å². The van der Waals surface area contributed by atoms with Crippen LogP contribution in [0.15, 0.2) is 24.3 Å². The van der Waals surface area contributed by atoms with Gasteiger partial charge in [-0.3, -0.25) is 0 Å². The van der Waals surface area contributed by atoms with Gasteiger partial charge in [-0.05, 0) is 53.1 Å². The lowest BCUT2D eigenvalue weighted by Gasteiger charge is -2.35. The van der Waals surface area contributed by atoms with E-state index in [0.717, 1.165) is 13.1 Å². The summed E-state index contributed by atoms with van der Waals surface area (Å²) in [4.78, 5) is 0. The maximum atomic E-state index is 9.63. The van der Waals surface area contributed by atoms with Crippen molar-refractivity contribution in [3.8, 4) is 0 Å². The van der Waals surface area contributed by atoms with E-state index in [9.17, 15) is 5.11 Å². The molecule has 18 heavy (non-hydrogen) atoms. The summed E-state index contributed by atoms with van der Waals surface area (Å²) in [6, 6.07) is 8.61. The number of hydrogen-bond acceptors (Lipinski definition) is 2. The van der Waals surface area contributed by atoms with Crippen LogP contribution < -0.4 is 5.32 Å². The van der Waals surface area contributed by atoms with Gasteiger partial charge in [0.05, 0.1) is 0 Å². The summed E-state index contributed by atoms with van der Waals surface area (Å²) in [6.07, 6.45) is 6.21. The molecule has 0 aliphatic heterocycles. The lowest BCUT2D eigenvalue weighted by atomic mass is 9.74. The Morgan fingerprint density at radius 1 is 1.11 bits per heavy atom. The van der Waals surface area contributed by atoms with Crippen LogP contribution in [-0.4, -0.2) is 18.3 Å². The van der Waals surface area contributed by atoms with Crippen LogP contribution in [0.4, 0.5) is 0 Å². The summed E-state index contributed by atoms with van der Waals surface area (Å²) in [5, 5.41) is 13.2. The molecule has 3 heteroatoms. The van der Waals surface area contributed by atoms with Crippen molar-refractivity contribution in [3.05, 3.63) is 33.4 Å². The molecule has 2 nitrogen and oxygen atoms in total. The summed E-state index contributed by atoms with van der Waals surface area (Å²) >= 11 is 2.32. The van der Waals surface area contributed by atoms with E-state index >= 15 is 0 Å². The Morgan fingerprint density at radius 3 is 2.39 bits per heavy atom. The average Bonchev–Trinajstić information content (AvgIpc) is 2.42. The number of aliphatic hydroxyl groups is 1. The van der Waals surface area contributed by atoms with E-state index in [1.165, 1.54) is 41.2 Å². The molecule has 0 spiro atoms. The summed E-state index contributed by atoms with van der Waals surface area (Å²) in [6.45, 7) is 2.17. The maximum absolute atomic E-state index is 9.63. The second-order valence-electron chi connectivity index (χ2n) is 5.45. The zero-order chi connectivity index (χ0) is 12.8. The molecule has 2 N–H and O–H groups in total. The molecular weight excluding hydrogens is 337 g/mol. The Hall–Kier alpha value is -0.130. The van der Waals surface area contributed by atoms with Crippen molar-refractivity contribution in [3.63, 3.8) is 0 Å². The number of benzene rings is 1. The minimum atomic E-state index is 0.140. The van der Waals surface area contributed by atoms with Crippen molar-refractivity contribution in [1.82, 2.24) is 5.32 Å². The third kappa shape index (κ3) is 3.93. The van der Waals surface area contributed by atoms with Crippen molar-refractivity contribution in [1.29, 1.82) is 0 Å². The highest BCUT2D eigenvalue weighted by Gasteiger charge is 2.30. The third-order valence-electron chi connectivity index (χ3n) is 3.99. The van der Waals surface area contributed by atoms with Gasteiger partial charge in [-0.2, -0.15) is 0 Å². The standard InChI is InChI=1S/C15H22INO/c16-14-6-4-13(5-7-14)10-17-11-15(12-18)8-2-1-3-9-15/h4-7,17-18H,1-3,8-12H2. The molecule has 0 heterocycles. The fourth-order valence-corrected chi connectivity index (χ4v) is 3.13. The third-order valence-corrected chi connectivity index (χ3v) is 4.71. The molecule has 100 valence electrons. The summed E-state index contributed by atoms with van der Waals surface area (Å²) in [7, 11) is 0. The van der Waals surface area contributed by atoms with Gasteiger partial charge in [0.2, 0.25) is 0 Å². The highest BCUT2D eigenvalue weighted by molar-refractivity contribution is 14.1. The monoisotopic (exact) mass is 359 g/mol. The zero-order valence-electron chi connectivity index (χ0n) is 10.8. The quantitative estimate of drug-likeness (QED) is 0.791. The van der Waals surface area contributed by atoms with Crippen molar-refractivity contribution in [2.75, 3.05) is 13.2 Å². The predicted octanol–water partition coefficient (Wildman–Crippen LogP) is 3.32. The first-order valence-corrected chi connectivity index (χ1v) is 7.88. The van der Waals surface area contributed by atoms with Gasteiger partial charge < -0.3 is 10.4 Å². The highest BCUT2D eigenvalue weighted by Crippen LogP contribution is 2.35. The van der Waals surface area contributed by atoms with Crippen molar-refractivity contribution >= 4 is 22.6 Å². The Labute approximate surface area is 123 Å². The van der Waals surface area contributed by atoms with E-state index in [2.05, 4.69) is 52.2 Å². The Morgan fingerprint density at radius 2 is 1.78 bits per heavy atom. The molecule has 1 aromatic carbocycles. The SMILES string of the molecule is OCC1(CNCc2ccc(I)cc2)CCCCC1. The van der Waals surface area contributed by atoms with E-state index in [0.29, 0.717) is 6.61 Å². The molecule has 0 atom stereocenters. The van der Waals surface area contributed by atoms with Crippen LogP contribution in [-0.2, 0) is 6.54 Å². The maximum Gasteiger partial charge on any atom is 0.0499 e. The Bertz CT molecular complexity index is 357. The Balaban J connectivity index is 1.81. The molecular formula is C15H22INO. The summed E-state index contributed by atoms with van der Waals surface area (Å²) in [5.41, 5.74) is 1.46. The molecule has 0 bridgehead atoms. The van der Waals surface area contributed by atoms with Gasteiger partial charge in [0.15, 0.2) is 0 Å². The second-order valence-corrected chi connectivity index (χ2v) is 6.69. The molecule has 2 rings (SSSR count). The molecule has 1 fully saturated rings. The molecule has 0 unspecified atom stereocenters. The van der Waals surface area contributed by atoms with Gasteiger partial charge >= 0.3 is 0 Å². The summed E-state index contributed by atoms with van der Waals surface area (Å²) < 4.78 is 1.27. The zero-order valence-corrected chi connectivity index (χ0v) is 12.9. The minimum absolute atomic E-state index is 0.140. The molecule has 1 aliphatic rings. The lowest BCUT2D eigenvalue weighted by Crippen LogP contribution is -2.38. The smallest absolute Gasteiger partial charge is 0.0499 e. The second kappa shape index (κ2) is 6.87. The van der Waals surface area contributed by atoms with Gasteiger partial charge in [-0.25, -0.2) is 0 Å². The number of aliphatic hydroxyl groups excluding tert-OH is 1. The van der Waals surface area contributed by atoms with Crippen LogP contribution in [0, 0.1) is 8.99 Å². The van der Waals surface area contributed by atoms with E-state index in [4.69, 9.17) is 0 Å². The van der Waals surface area contributed by atoms with Crippen LogP contribution >= 0.6 is 22.6 Å². The molecule has 0 aromatic heterocycles. The van der Waals surface area contributed by atoms with Crippen LogP contribution in [0.1, 0.15) is 37.7 Å². The van der Waals surface area contributed by atoms with Crippen LogP contribution in [0.3, 0.4) is 0 Å². The average molecular weight is 359 g/mol. The molecule has 1 aromatic rings. The number of hydrogen-bond donors (Lipinski definition) is 2. The van der Waals surface area contributed by atoms with Gasteiger partial charge in [-0.1, -0.05) is 31.4 Å². The fraction of sp³-hybridized carbons (Fsp3) is 0.600.